The molecule has 0 unspecified atom stereocenters. The molecule has 0 atom stereocenters. The molecule has 0 radical (unpaired) electrons. The second-order valence-electron chi connectivity index (χ2n) is 6.02. The summed E-state index contributed by atoms with van der Waals surface area (Å²) in [5.74, 6) is -0.453. The first-order chi connectivity index (χ1) is 11.7. The molecule has 24 heavy (non-hydrogen) atoms. The first-order valence-corrected chi connectivity index (χ1v) is 9.24. The highest BCUT2D eigenvalue weighted by Crippen LogP contribution is 2.15. The molecule has 4 nitrogen and oxygen atoms in total. The lowest BCUT2D eigenvalue weighted by molar-refractivity contribution is 0.0760. The van der Waals surface area contributed by atoms with E-state index in [0.717, 1.165) is 38.2 Å². The van der Waals surface area contributed by atoms with E-state index >= 15 is 0 Å². The van der Waals surface area contributed by atoms with Crippen LogP contribution in [0.3, 0.4) is 0 Å². The van der Waals surface area contributed by atoms with Gasteiger partial charge in [0, 0.05) is 43.7 Å². The first-order valence-electron chi connectivity index (χ1n) is 8.36. The molecule has 1 aliphatic heterocycles. The quantitative estimate of drug-likeness (QED) is 0.852. The Balaban J connectivity index is 1.59. The van der Waals surface area contributed by atoms with E-state index in [1.807, 2.05) is 4.90 Å². The summed E-state index contributed by atoms with van der Waals surface area (Å²) in [6, 6.07) is 5.93. The summed E-state index contributed by atoms with van der Waals surface area (Å²) < 4.78 is 13.3. The minimum atomic E-state index is -0.368. The molecule has 2 heterocycles. The largest absolute Gasteiger partial charge is 0.337 e. The molecule has 1 amide bonds. The second kappa shape index (κ2) is 7.85. The molecule has 0 N–H and O–H groups in total. The zero-order valence-corrected chi connectivity index (χ0v) is 14.7. The van der Waals surface area contributed by atoms with Crippen LogP contribution in [-0.4, -0.2) is 46.9 Å². The Hall–Kier alpha value is -1.79. The van der Waals surface area contributed by atoms with Gasteiger partial charge in [-0.25, -0.2) is 9.37 Å². The van der Waals surface area contributed by atoms with Crippen LogP contribution in [0.25, 0.3) is 0 Å². The molecule has 0 aliphatic carbocycles. The SMILES string of the molecule is CCc1nc(CN2CCCN(C(=O)c3cccc(F)c3)CC2)cs1. The number of carbonyl (C=O) groups is 1. The predicted octanol–water partition coefficient (Wildman–Crippen LogP) is 3.19. The summed E-state index contributed by atoms with van der Waals surface area (Å²) in [5.41, 5.74) is 1.54. The molecule has 128 valence electrons. The van der Waals surface area contributed by atoms with Crippen molar-refractivity contribution in [3.8, 4) is 0 Å². The lowest BCUT2D eigenvalue weighted by Gasteiger charge is -2.21. The Morgan fingerprint density at radius 2 is 2.17 bits per heavy atom. The molecule has 1 aromatic carbocycles. The van der Waals surface area contributed by atoms with Crippen LogP contribution in [0, 0.1) is 5.82 Å². The standard InChI is InChI=1S/C18H22FN3OS/c1-2-17-20-16(13-24-17)12-21-7-4-8-22(10-9-21)18(23)14-5-3-6-15(19)11-14/h3,5-6,11,13H,2,4,7-10,12H2,1H3. The van der Waals surface area contributed by atoms with Crippen molar-refractivity contribution < 1.29 is 9.18 Å². The third-order valence-corrected chi connectivity index (χ3v) is 5.28. The second-order valence-corrected chi connectivity index (χ2v) is 6.96. The van der Waals surface area contributed by atoms with Crippen molar-refractivity contribution >= 4 is 17.2 Å². The van der Waals surface area contributed by atoms with Crippen molar-refractivity contribution in [3.05, 3.63) is 51.7 Å². The predicted molar refractivity (Wildman–Crippen MR) is 93.7 cm³/mol. The number of carbonyl (C=O) groups excluding carboxylic acids is 1. The molecular weight excluding hydrogens is 325 g/mol. The summed E-state index contributed by atoms with van der Waals surface area (Å²) in [6.07, 6.45) is 1.90. The Morgan fingerprint density at radius 3 is 2.92 bits per heavy atom. The highest BCUT2D eigenvalue weighted by molar-refractivity contribution is 7.09. The van der Waals surface area contributed by atoms with Gasteiger partial charge >= 0.3 is 0 Å². The van der Waals surface area contributed by atoms with Gasteiger partial charge in [0.2, 0.25) is 0 Å². The smallest absolute Gasteiger partial charge is 0.254 e. The highest BCUT2D eigenvalue weighted by atomic mass is 32.1. The summed E-state index contributed by atoms with van der Waals surface area (Å²) in [4.78, 5) is 21.3. The molecule has 6 heteroatoms. The summed E-state index contributed by atoms with van der Waals surface area (Å²) in [7, 11) is 0. The monoisotopic (exact) mass is 347 g/mol. The lowest BCUT2D eigenvalue weighted by atomic mass is 10.2. The Labute approximate surface area is 145 Å². The minimum absolute atomic E-state index is 0.0849. The lowest BCUT2D eigenvalue weighted by Crippen LogP contribution is -2.35. The molecular formula is C18H22FN3OS. The summed E-state index contributed by atoms with van der Waals surface area (Å²) in [5, 5.41) is 3.29. The van der Waals surface area contributed by atoms with E-state index in [2.05, 4.69) is 22.2 Å². The van der Waals surface area contributed by atoms with Crippen molar-refractivity contribution in [1.29, 1.82) is 0 Å². The van der Waals surface area contributed by atoms with E-state index in [0.29, 0.717) is 18.7 Å². The maximum Gasteiger partial charge on any atom is 0.254 e. The molecule has 0 saturated carbocycles. The van der Waals surface area contributed by atoms with Gasteiger partial charge in [-0.2, -0.15) is 0 Å². The van der Waals surface area contributed by atoms with Crippen LogP contribution in [0.2, 0.25) is 0 Å². The Kier molecular flexibility index (Phi) is 5.58. The average Bonchev–Trinajstić information content (AvgIpc) is 2.91. The fourth-order valence-corrected chi connectivity index (χ4v) is 3.69. The van der Waals surface area contributed by atoms with Gasteiger partial charge in [-0.1, -0.05) is 13.0 Å². The van der Waals surface area contributed by atoms with E-state index in [1.54, 1.807) is 23.5 Å². The number of hydrogen-bond donors (Lipinski definition) is 0. The van der Waals surface area contributed by atoms with Gasteiger partial charge in [0.15, 0.2) is 0 Å². The van der Waals surface area contributed by atoms with Gasteiger partial charge < -0.3 is 4.90 Å². The third kappa shape index (κ3) is 4.19. The van der Waals surface area contributed by atoms with Gasteiger partial charge in [0.25, 0.3) is 5.91 Å². The van der Waals surface area contributed by atoms with Crippen LogP contribution in [-0.2, 0) is 13.0 Å². The van der Waals surface area contributed by atoms with Crippen LogP contribution < -0.4 is 0 Å². The molecule has 1 fully saturated rings. The number of halogens is 1. The van der Waals surface area contributed by atoms with Crippen LogP contribution in [0.1, 0.15) is 34.4 Å². The zero-order chi connectivity index (χ0) is 16.9. The molecule has 3 rings (SSSR count). The molecule has 2 aromatic rings. The fraction of sp³-hybridized carbons (Fsp3) is 0.444. The fourth-order valence-electron chi connectivity index (χ4n) is 2.95. The van der Waals surface area contributed by atoms with Crippen molar-refractivity contribution in [2.75, 3.05) is 26.2 Å². The number of nitrogens with zero attached hydrogens (tertiary/aromatic N) is 3. The van der Waals surface area contributed by atoms with Gasteiger partial charge in [0.05, 0.1) is 10.7 Å². The van der Waals surface area contributed by atoms with Crippen LogP contribution >= 0.6 is 11.3 Å². The maximum atomic E-state index is 13.3. The van der Waals surface area contributed by atoms with Crippen molar-refractivity contribution in [2.24, 2.45) is 0 Å². The zero-order valence-electron chi connectivity index (χ0n) is 13.9. The Bertz CT molecular complexity index is 703. The normalized spacial score (nSPS) is 16.2. The topological polar surface area (TPSA) is 36.4 Å². The van der Waals surface area contributed by atoms with E-state index in [-0.39, 0.29) is 11.7 Å². The molecule has 0 bridgehead atoms. The van der Waals surface area contributed by atoms with E-state index in [9.17, 15) is 9.18 Å². The van der Waals surface area contributed by atoms with Gasteiger partial charge in [0.1, 0.15) is 5.82 Å². The van der Waals surface area contributed by atoms with Crippen LogP contribution in [0.5, 0.6) is 0 Å². The van der Waals surface area contributed by atoms with E-state index in [1.165, 1.54) is 17.1 Å². The van der Waals surface area contributed by atoms with Gasteiger partial charge in [-0.05, 0) is 31.0 Å². The molecule has 1 aliphatic rings. The third-order valence-electron chi connectivity index (χ3n) is 4.23. The number of rotatable bonds is 4. The van der Waals surface area contributed by atoms with Gasteiger partial charge in [-0.3, -0.25) is 9.69 Å². The number of aromatic nitrogens is 1. The number of benzene rings is 1. The summed E-state index contributed by atoms with van der Waals surface area (Å²) in [6.45, 7) is 6.10. The van der Waals surface area contributed by atoms with Crippen molar-refractivity contribution in [3.63, 3.8) is 0 Å². The van der Waals surface area contributed by atoms with Crippen LogP contribution in [0.4, 0.5) is 4.39 Å². The maximum absolute atomic E-state index is 13.3. The van der Waals surface area contributed by atoms with Crippen molar-refractivity contribution in [1.82, 2.24) is 14.8 Å². The number of amides is 1. The summed E-state index contributed by atoms with van der Waals surface area (Å²) >= 11 is 1.71. The van der Waals surface area contributed by atoms with Gasteiger partial charge in [-0.15, -0.1) is 11.3 Å². The first kappa shape index (κ1) is 17.0. The molecule has 0 spiro atoms. The minimum Gasteiger partial charge on any atom is -0.337 e. The van der Waals surface area contributed by atoms with Crippen molar-refractivity contribution in [2.45, 2.75) is 26.3 Å². The average molecular weight is 347 g/mol. The number of thiazole rings is 1. The number of hydrogen-bond acceptors (Lipinski definition) is 4. The molecule has 1 saturated heterocycles. The van der Waals surface area contributed by atoms with E-state index in [4.69, 9.17) is 0 Å². The molecule has 1 aromatic heterocycles. The van der Waals surface area contributed by atoms with Crippen LogP contribution in [0.15, 0.2) is 29.6 Å². The number of aryl methyl sites for hydroxylation is 1. The Morgan fingerprint density at radius 1 is 1.29 bits per heavy atom. The highest BCUT2D eigenvalue weighted by Gasteiger charge is 2.21. The van der Waals surface area contributed by atoms with E-state index < -0.39 is 0 Å².